The third kappa shape index (κ3) is 3.62. The van der Waals surface area contributed by atoms with Gasteiger partial charge in [-0.1, -0.05) is 12.1 Å². The average molecular weight is 345 g/mol. The third-order valence-corrected chi connectivity index (χ3v) is 5.29. The van der Waals surface area contributed by atoms with E-state index in [0.29, 0.717) is 24.5 Å². The molecule has 0 aliphatic carbocycles. The Labute approximate surface area is 146 Å². The summed E-state index contributed by atoms with van der Waals surface area (Å²) in [5.41, 5.74) is 1.86. The van der Waals surface area contributed by atoms with Crippen LogP contribution in [0.4, 0.5) is 0 Å². The van der Waals surface area contributed by atoms with E-state index in [-0.39, 0.29) is 11.3 Å². The maximum atomic E-state index is 12.7. The molecule has 1 aliphatic heterocycles. The third-order valence-electron chi connectivity index (χ3n) is 4.60. The molecular weight excluding hydrogens is 322 g/mol. The Morgan fingerprint density at radius 2 is 2.08 bits per heavy atom. The first-order valence-corrected chi connectivity index (χ1v) is 9.30. The fourth-order valence-electron chi connectivity index (χ4n) is 3.18. The van der Waals surface area contributed by atoms with Gasteiger partial charge in [-0.3, -0.25) is 4.79 Å². The zero-order valence-electron chi connectivity index (χ0n) is 13.9. The number of carbonyl (C=O) groups excluding carboxylic acids is 1. The first-order valence-electron chi connectivity index (χ1n) is 8.36. The first-order chi connectivity index (χ1) is 11.7. The van der Waals surface area contributed by atoms with Crippen LogP contribution in [0.2, 0.25) is 0 Å². The van der Waals surface area contributed by atoms with Crippen LogP contribution >= 0.6 is 11.3 Å². The lowest BCUT2D eigenvalue weighted by molar-refractivity contribution is 0.0488. The zero-order chi connectivity index (χ0) is 16.8. The van der Waals surface area contributed by atoms with Crippen molar-refractivity contribution in [3.8, 4) is 5.75 Å². The van der Waals surface area contributed by atoms with Gasteiger partial charge < -0.3 is 14.8 Å². The Morgan fingerprint density at radius 3 is 2.79 bits per heavy atom. The van der Waals surface area contributed by atoms with Crippen molar-refractivity contribution in [2.45, 2.75) is 25.2 Å². The summed E-state index contributed by atoms with van der Waals surface area (Å²) in [7, 11) is 0. The Balaban J connectivity index is 1.74. The fourth-order valence-corrected chi connectivity index (χ4v) is 3.96. The highest BCUT2D eigenvalue weighted by Crippen LogP contribution is 2.35. The van der Waals surface area contributed by atoms with E-state index in [4.69, 9.17) is 9.47 Å². The monoisotopic (exact) mass is 345 g/mol. The van der Waals surface area contributed by atoms with Crippen molar-refractivity contribution in [1.29, 1.82) is 0 Å². The molecule has 1 saturated heterocycles. The standard InChI is InChI=1S/C19H23NO3S/c1-2-23-17-6-4-3-5-16(17)18(21)20-14-19(8-10-22-11-9-19)15-7-12-24-13-15/h3-7,12-13H,2,8-11,14H2,1H3,(H,20,21). The molecule has 0 atom stereocenters. The fraction of sp³-hybridized carbons (Fsp3) is 0.421. The molecule has 24 heavy (non-hydrogen) atoms. The molecule has 128 valence electrons. The molecule has 1 aliphatic rings. The van der Waals surface area contributed by atoms with E-state index < -0.39 is 0 Å². The molecule has 4 nitrogen and oxygen atoms in total. The van der Waals surface area contributed by atoms with Crippen molar-refractivity contribution in [2.24, 2.45) is 0 Å². The number of benzene rings is 1. The number of thiophene rings is 1. The topological polar surface area (TPSA) is 47.6 Å². The molecule has 0 unspecified atom stereocenters. The highest BCUT2D eigenvalue weighted by atomic mass is 32.1. The number of carbonyl (C=O) groups is 1. The summed E-state index contributed by atoms with van der Waals surface area (Å²) < 4.78 is 11.1. The van der Waals surface area contributed by atoms with E-state index >= 15 is 0 Å². The molecule has 1 aromatic heterocycles. The van der Waals surface area contributed by atoms with Crippen LogP contribution in [0.25, 0.3) is 0 Å². The molecule has 1 amide bonds. The van der Waals surface area contributed by atoms with E-state index in [0.717, 1.165) is 26.1 Å². The van der Waals surface area contributed by atoms with E-state index in [9.17, 15) is 4.79 Å². The van der Waals surface area contributed by atoms with Crippen molar-refractivity contribution in [2.75, 3.05) is 26.4 Å². The van der Waals surface area contributed by atoms with Crippen LogP contribution in [0.15, 0.2) is 41.1 Å². The lowest BCUT2D eigenvalue weighted by Gasteiger charge is -2.37. The average Bonchev–Trinajstić information content (AvgIpc) is 3.17. The van der Waals surface area contributed by atoms with Crippen LogP contribution in [0.3, 0.4) is 0 Å². The highest BCUT2D eigenvalue weighted by molar-refractivity contribution is 7.08. The summed E-state index contributed by atoms with van der Waals surface area (Å²) in [6.45, 7) is 4.55. The van der Waals surface area contributed by atoms with E-state index in [1.807, 2.05) is 31.2 Å². The van der Waals surface area contributed by atoms with Crippen molar-refractivity contribution < 1.29 is 14.3 Å². The van der Waals surface area contributed by atoms with Crippen LogP contribution in [0, 0.1) is 0 Å². The van der Waals surface area contributed by atoms with Gasteiger partial charge >= 0.3 is 0 Å². The molecule has 0 bridgehead atoms. The maximum Gasteiger partial charge on any atom is 0.255 e. The van der Waals surface area contributed by atoms with E-state index in [2.05, 4.69) is 22.1 Å². The Morgan fingerprint density at radius 1 is 1.29 bits per heavy atom. The minimum atomic E-state index is -0.0832. The van der Waals surface area contributed by atoms with E-state index in [1.54, 1.807) is 11.3 Å². The van der Waals surface area contributed by atoms with Gasteiger partial charge in [0, 0.05) is 25.2 Å². The second-order valence-electron chi connectivity index (χ2n) is 6.02. The van der Waals surface area contributed by atoms with Crippen molar-refractivity contribution in [1.82, 2.24) is 5.32 Å². The van der Waals surface area contributed by atoms with Crippen LogP contribution in [-0.4, -0.2) is 32.3 Å². The van der Waals surface area contributed by atoms with Crippen LogP contribution < -0.4 is 10.1 Å². The van der Waals surface area contributed by atoms with E-state index in [1.165, 1.54) is 5.56 Å². The summed E-state index contributed by atoms with van der Waals surface area (Å²) in [6, 6.07) is 9.55. The summed E-state index contributed by atoms with van der Waals surface area (Å²) in [4.78, 5) is 12.7. The van der Waals surface area contributed by atoms with Crippen LogP contribution in [0.1, 0.15) is 35.7 Å². The SMILES string of the molecule is CCOc1ccccc1C(=O)NCC1(c2ccsc2)CCOCC1. The summed E-state index contributed by atoms with van der Waals surface area (Å²) in [5, 5.41) is 7.41. The van der Waals surface area contributed by atoms with Gasteiger partial charge in [-0.25, -0.2) is 0 Å². The quantitative estimate of drug-likeness (QED) is 0.870. The largest absolute Gasteiger partial charge is 0.493 e. The second kappa shape index (κ2) is 7.81. The lowest BCUT2D eigenvalue weighted by Crippen LogP contribution is -2.44. The van der Waals surface area contributed by atoms with Gasteiger partial charge in [0.25, 0.3) is 5.91 Å². The smallest absolute Gasteiger partial charge is 0.255 e. The van der Waals surface area contributed by atoms with Gasteiger partial charge in [-0.15, -0.1) is 0 Å². The predicted octanol–water partition coefficient (Wildman–Crippen LogP) is 3.63. The van der Waals surface area contributed by atoms with Gasteiger partial charge in [0.05, 0.1) is 12.2 Å². The van der Waals surface area contributed by atoms with Crippen LogP contribution in [0.5, 0.6) is 5.75 Å². The predicted molar refractivity (Wildman–Crippen MR) is 96.0 cm³/mol. The molecule has 0 saturated carbocycles. The molecular formula is C19H23NO3S. The zero-order valence-corrected chi connectivity index (χ0v) is 14.7. The number of hydrogen-bond acceptors (Lipinski definition) is 4. The van der Waals surface area contributed by atoms with Crippen molar-refractivity contribution in [3.63, 3.8) is 0 Å². The number of ether oxygens (including phenoxy) is 2. The molecule has 1 fully saturated rings. The Bertz CT molecular complexity index is 663. The molecule has 1 N–H and O–H groups in total. The molecule has 2 aromatic rings. The Hall–Kier alpha value is -1.85. The number of nitrogens with one attached hydrogen (secondary N) is 1. The number of hydrogen-bond donors (Lipinski definition) is 1. The highest BCUT2D eigenvalue weighted by Gasteiger charge is 2.35. The lowest BCUT2D eigenvalue weighted by atomic mass is 9.75. The molecule has 1 aromatic carbocycles. The van der Waals surface area contributed by atoms with Gasteiger partial charge in [0.15, 0.2) is 0 Å². The van der Waals surface area contributed by atoms with Gasteiger partial charge in [0.1, 0.15) is 5.75 Å². The molecule has 0 spiro atoms. The normalized spacial score (nSPS) is 16.5. The summed E-state index contributed by atoms with van der Waals surface area (Å²) >= 11 is 1.70. The van der Waals surface area contributed by atoms with Crippen molar-refractivity contribution >= 4 is 17.2 Å². The molecule has 5 heteroatoms. The molecule has 0 radical (unpaired) electrons. The maximum absolute atomic E-state index is 12.7. The number of para-hydroxylation sites is 1. The second-order valence-corrected chi connectivity index (χ2v) is 6.80. The van der Waals surface area contributed by atoms with Gasteiger partial charge in [-0.2, -0.15) is 11.3 Å². The van der Waals surface area contributed by atoms with Gasteiger partial charge in [-0.05, 0) is 54.3 Å². The van der Waals surface area contributed by atoms with Crippen LogP contribution in [-0.2, 0) is 10.2 Å². The minimum Gasteiger partial charge on any atom is -0.493 e. The first kappa shape index (κ1) is 17.0. The van der Waals surface area contributed by atoms with Gasteiger partial charge in [0.2, 0.25) is 0 Å². The summed E-state index contributed by atoms with van der Waals surface area (Å²) in [5.74, 6) is 0.550. The number of amides is 1. The summed E-state index contributed by atoms with van der Waals surface area (Å²) in [6.07, 6.45) is 1.86. The molecule has 2 heterocycles. The number of rotatable bonds is 6. The Kier molecular flexibility index (Phi) is 5.53. The van der Waals surface area contributed by atoms with Crippen molar-refractivity contribution in [3.05, 3.63) is 52.2 Å². The minimum absolute atomic E-state index is 0.0333. The molecule has 3 rings (SSSR count).